The average molecular weight is 591 g/mol. The van der Waals surface area contributed by atoms with Crippen molar-refractivity contribution >= 4 is 21.8 Å². The van der Waals surface area contributed by atoms with Crippen LogP contribution >= 0.6 is 0 Å². The van der Waals surface area contributed by atoms with Crippen molar-refractivity contribution in [2.75, 3.05) is 11.5 Å². The summed E-state index contributed by atoms with van der Waals surface area (Å²) in [6.45, 7) is 15.5. The smallest absolute Gasteiger partial charge is 0.307 e. The van der Waals surface area contributed by atoms with Crippen LogP contribution in [0.5, 0.6) is 11.5 Å². The van der Waals surface area contributed by atoms with Gasteiger partial charge in [0.2, 0.25) is 0 Å². The van der Waals surface area contributed by atoms with E-state index in [4.69, 9.17) is 9.47 Å². The van der Waals surface area contributed by atoms with E-state index >= 15 is 0 Å². The van der Waals surface area contributed by atoms with Crippen LogP contribution in [-0.2, 0) is 55.0 Å². The average Bonchev–Trinajstić information content (AvgIpc) is 2.87. The third-order valence-corrected chi connectivity index (χ3v) is 8.86. The number of benzene rings is 2. The Bertz CT molecular complexity index is 1260. The van der Waals surface area contributed by atoms with E-state index in [1.807, 2.05) is 26.0 Å². The molecule has 228 valence electrons. The number of sulfone groups is 1. The number of rotatable bonds is 14. The molecule has 0 atom stereocenters. The van der Waals surface area contributed by atoms with Crippen LogP contribution in [0.25, 0.3) is 0 Å². The van der Waals surface area contributed by atoms with Crippen molar-refractivity contribution in [3.8, 4) is 11.5 Å². The fourth-order valence-electron chi connectivity index (χ4n) is 4.86. The maximum Gasteiger partial charge on any atom is 0.307 e. The molecular formula is C32H46O8S. The summed E-state index contributed by atoms with van der Waals surface area (Å²) in [5.41, 5.74) is 6.15. The molecule has 2 N–H and O–H groups in total. The number of hydrogen-bond donors (Lipinski definition) is 2. The number of ether oxygens (including phenoxy) is 2. The molecule has 0 fully saturated rings. The van der Waals surface area contributed by atoms with Crippen LogP contribution in [0.15, 0.2) is 12.1 Å². The van der Waals surface area contributed by atoms with Gasteiger partial charge in [-0.3, -0.25) is 9.59 Å². The lowest BCUT2D eigenvalue weighted by Crippen LogP contribution is -2.19. The number of carbonyl (C=O) groups is 2. The molecule has 0 bridgehead atoms. The number of aromatic hydroxyl groups is 2. The van der Waals surface area contributed by atoms with Crippen LogP contribution in [0.2, 0.25) is 0 Å². The molecule has 2 rings (SSSR count). The van der Waals surface area contributed by atoms with Gasteiger partial charge in [0.1, 0.15) is 24.7 Å². The first-order chi connectivity index (χ1) is 19.0. The summed E-state index contributed by atoms with van der Waals surface area (Å²) in [4.78, 5) is 24.6. The largest absolute Gasteiger partial charge is 0.507 e. The summed E-state index contributed by atoms with van der Waals surface area (Å²) in [6.07, 6.45) is 0.779. The van der Waals surface area contributed by atoms with E-state index in [-0.39, 0.29) is 37.6 Å². The summed E-state index contributed by atoms with van der Waals surface area (Å²) in [5, 5.41) is 21.1. The Morgan fingerprint density at radius 2 is 1.05 bits per heavy atom. The highest BCUT2D eigenvalue weighted by atomic mass is 32.2. The van der Waals surface area contributed by atoms with E-state index in [0.717, 1.165) is 35.1 Å². The van der Waals surface area contributed by atoms with Crippen molar-refractivity contribution < 1.29 is 37.7 Å². The van der Waals surface area contributed by atoms with Crippen molar-refractivity contribution in [1.29, 1.82) is 0 Å². The molecule has 0 unspecified atom stereocenters. The second-order valence-corrected chi connectivity index (χ2v) is 14.1. The van der Waals surface area contributed by atoms with Crippen LogP contribution in [-0.4, -0.2) is 42.1 Å². The summed E-state index contributed by atoms with van der Waals surface area (Å²) in [5.74, 6) is -1.11. The molecule has 0 aliphatic carbocycles. The van der Waals surface area contributed by atoms with Crippen LogP contribution in [0.1, 0.15) is 85.0 Å². The van der Waals surface area contributed by atoms with Gasteiger partial charge in [-0.2, -0.15) is 0 Å². The summed E-state index contributed by atoms with van der Waals surface area (Å²) in [7, 11) is -3.70. The molecule has 2 aromatic carbocycles. The molecule has 0 aromatic heterocycles. The number of esters is 2. The Kier molecular flexibility index (Phi) is 12.2. The lowest BCUT2D eigenvalue weighted by atomic mass is 9.93. The quantitative estimate of drug-likeness (QED) is 0.268. The predicted molar refractivity (Wildman–Crippen MR) is 160 cm³/mol. The maximum absolute atomic E-state index is 12.5. The molecule has 41 heavy (non-hydrogen) atoms. The third kappa shape index (κ3) is 10.1. The number of hydrogen-bond acceptors (Lipinski definition) is 8. The predicted octanol–water partition coefficient (Wildman–Crippen LogP) is 5.71. The van der Waals surface area contributed by atoms with Crippen molar-refractivity contribution in [1.82, 2.24) is 0 Å². The minimum atomic E-state index is -3.70. The van der Waals surface area contributed by atoms with E-state index < -0.39 is 33.3 Å². The molecule has 9 heteroatoms. The lowest BCUT2D eigenvalue weighted by molar-refractivity contribution is -0.145. The Labute approximate surface area is 245 Å². The molecular weight excluding hydrogens is 544 g/mol. The van der Waals surface area contributed by atoms with Crippen molar-refractivity contribution in [3.05, 3.63) is 56.6 Å². The molecule has 0 spiro atoms. The minimum Gasteiger partial charge on any atom is -0.507 e. The van der Waals surface area contributed by atoms with Gasteiger partial charge in [0.25, 0.3) is 0 Å². The molecule has 0 amide bonds. The van der Waals surface area contributed by atoms with Gasteiger partial charge < -0.3 is 19.7 Å². The number of carbonyl (C=O) groups excluding carboxylic acids is 2. The molecule has 0 radical (unpaired) electrons. The van der Waals surface area contributed by atoms with Crippen molar-refractivity contribution in [2.45, 2.75) is 94.3 Å². The Hall–Kier alpha value is -3.07. The Morgan fingerprint density at radius 3 is 1.37 bits per heavy atom. The fraction of sp³-hybridized carbons (Fsp3) is 0.562. The summed E-state index contributed by atoms with van der Waals surface area (Å²) >= 11 is 0. The molecule has 2 aromatic rings. The van der Waals surface area contributed by atoms with Crippen LogP contribution in [0.4, 0.5) is 0 Å². The zero-order valence-corrected chi connectivity index (χ0v) is 26.5. The monoisotopic (exact) mass is 590 g/mol. The normalized spacial score (nSPS) is 11.8. The number of phenolic OH excluding ortho intramolecular Hbond substituents is 2. The van der Waals surface area contributed by atoms with Gasteiger partial charge in [-0.05, 0) is 96.9 Å². The highest BCUT2D eigenvalue weighted by molar-refractivity contribution is 7.91. The van der Waals surface area contributed by atoms with Crippen LogP contribution in [0.3, 0.4) is 0 Å². The molecule has 0 aliphatic heterocycles. The standard InChI is InChI=1S/C32H46O8S/c1-19(2)13-25-15-21(5)27(23(7)31(25)35)17-39-29(33)9-11-41(37,38)12-10-30(34)40-18-28-22(6)16-26(14-20(3)4)32(36)24(28)8/h15-16,19-20,35-36H,9-14,17-18H2,1-8H3. The van der Waals surface area contributed by atoms with Crippen LogP contribution in [0, 0.1) is 39.5 Å². The molecule has 0 aliphatic rings. The second kappa shape index (κ2) is 14.7. The van der Waals surface area contributed by atoms with Crippen LogP contribution < -0.4 is 0 Å². The topological polar surface area (TPSA) is 127 Å². The molecule has 0 heterocycles. The van der Waals surface area contributed by atoms with Crippen molar-refractivity contribution in [2.24, 2.45) is 11.8 Å². The van der Waals surface area contributed by atoms with E-state index in [0.29, 0.717) is 34.1 Å². The molecule has 8 nitrogen and oxygen atoms in total. The van der Waals surface area contributed by atoms with Gasteiger partial charge >= 0.3 is 11.9 Å². The van der Waals surface area contributed by atoms with Crippen molar-refractivity contribution in [3.63, 3.8) is 0 Å². The summed E-state index contributed by atoms with van der Waals surface area (Å²) < 4.78 is 35.5. The van der Waals surface area contributed by atoms with Gasteiger partial charge in [-0.25, -0.2) is 8.42 Å². The van der Waals surface area contributed by atoms with E-state index in [1.54, 1.807) is 13.8 Å². The Morgan fingerprint density at radius 1 is 0.707 bits per heavy atom. The number of aryl methyl sites for hydroxylation is 2. The summed E-state index contributed by atoms with van der Waals surface area (Å²) in [6, 6.07) is 3.78. The van der Waals surface area contributed by atoms with Gasteiger partial charge in [-0.1, -0.05) is 39.8 Å². The van der Waals surface area contributed by atoms with E-state index in [9.17, 15) is 28.2 Å². The SMILES string of the molecule is Cc1cc(CC(C)C)c(O)c(C)c1COC(=O)CCS(=O)(=O)CCC(=O)OCc1c(C)cc(CC(C)C)c(O)c1C. The van der Waals surface area contributed by atoms with Gasteiger partial charge in [0, 0.05) is 0 Å². The molecule has 0 saturated carbocycles. The fourth-order valence-corrected chi connectivity index (χ4v) is 6.02. The molecule has 0 saturated heterocycles. The maximum atomic E-state index is 12.5. The first-order valence-corrected chi connectivity index (χ1v) is 16.0. The third-order valence-electron chi connectivity index (χ3n) is 7.20. The van der Waals surface area contributed by atoms with Gasteiger partial charge in [-0.15, -0.1) is 0 Å². The lowest BCUT2D eigenvalue weighted by Gasteiger charge is -2.17. The zero-order valence-electron chi connectivity index (χ0n) is 25.7. The zero-order chi connectivity index (χ0) is 31.1. The Balaban J connectivity index is 1.86. The first-order valence-electron chi connectivity index (χ1n) is 14.2. The van der Waals surface area contributed by atoms with E-state index in [1.165, 1.54) is 0 Å². The van der Waals surface area contributed by atoms with Gasteiger partial charge in [0.15, 0.2) is 9.84 Å². The second-order valence-electron chi connectivity index (χ2n) is 11.8. The highest BCUT2D eigenvalue weighted by Crippen LogP contribution is 2.32. The highest BCUT2D eigenvalue weighted by Gasteiger charge is 2.20. The van der Waals surface area contributed by atoms with E-state index in [2.05, 4.69) is 27.7 Å². The van der Waals surface area contributed by atoms with Gasteiger partial charge in [0.05, 0.1) is 24.3 Å². The first kappa shape index (κ1) is 34.1. The minimum absolute atomic E-state index is 0.0643. The number of phenols is 2.